The van der Waals surface area contributed by atoms with Crippen LogP contribution in [0, 0.1) is 0 Å². The van der Waals surface area contributed by atoms with E-state index in [1.807, 2.05) is 0 Å². The summed E-state index contributed by atoms with van der Waals surface area (Å²) in [6.07, 6.45) is -3.16. The fourth-order valence-corrected chi connectivity index (χ4v) is 0.390. The maximum absolute atomic E-state index is 11.8. The van der Waals surface area contributed by atoms with E-state index in [0.29, 0.717) is 0 Å². The van der Waals surface area contributed by atoms with Crippen LogP contribution >= 0.6 is 0 Å². The summed E-state index contributed by atoms with van der Waals surface area (Å²) in [7, 11) is 0. The summed E-state index contributed by atoms with van der Waals surface area (Å²) in [4.78, 5) is 0. The molecule has 0 N–H and O–H groups in total. The molecule has 0 aromatic rings. The molecule has 0 radical (unpaired) electrons. The first-order valence-electron chi connectivity index (χ1n) is 1.99. The fourth-order valence-electron chi connectivity index (χ4n) is 0.390. The second-order valence-electron chi connectivity index (χ2n) is 1.40. The minimum Gasteiger partial charge on any atom is -0.455 e. The van der Waals surface area contributed by atoms with Crippen LogP contribution in [0.5, 0.6) is 0 Å². The molecule has 0 bridgehead atoms. The maximum Gasteiger partial charge on any atom is 0.435 e. The van der Waals surface area contributed by atoms with Gasteiger partial charge in [-0.3, -0.25) is 0 Å². The van der Waals surface area contributed by atoms with Crippen LogP contribution in [0.1, 0.15) is 0 Å². The topological polar surface area (TPSA) is 18.5 Å². The molecule has 0 spiro atoms. The fraction of sp³-hybridized carbons (Fsp3) is 0.500. The minimum atomic E-state index is -3.16. The van der Waals surface area contributed by atoms with Gasteiger partial charge in [0, 0.05) is 0 Å². The summed E-state index contributed by atoms with van der Waals surface area (Å²) in [5.41, 5.74) is 0. The van der Waals surface area contributed by atoms with Gasteiger partial charge in [-0.05, 0) is 6.58 Å². The van der Waals surface area contributed by atoms with Crippen molar-refractivity contribution >= 4 is 0 Å². The van der Waals surface area contributed by atoms with E-state index in [2.05, 4.69) is 16.1 Å². The monoisotopic (exact) mass is 122 g/mol. The molecule has 8 heavy (non-hydrogen) atoms. The number of halogens is 2. The van der Waals surface area contributed by atoms with Gasteiger partial charge in [-0.15, -0.1) is 0 Å². The standard InChI is InChI=1S/C4H4F2O2/c1-3-7-2-4(5,6)8-3/h1-2H2. The molecule has 2 nitrogen and oxygen atoms in total. The molecule has 0 aromatic heterocycles. The molecule has 0 aliphatic carbocycles. The highest BCUT2D eigenvalue weighted by atomic mass is 19.3. The van der Waals surface area contributed by atoms with Gasteiger partial charge in [0.15, 0.2) is 6.61 Å². The van der Waals surface area contributed by atoms with Gasteiger partial charge < -0.3 is 9.47 Å². The van der Waals surface area contributed by atoms with Gasteiger partial charge in [0.2, 0.25) is 0 Å². The third-order valence-electron chi connectivity index (χ3n) is 0.664. The van der Waals surface area contributed by atoms with Crippen molar-refractivity contribution in [1.29, 1.82) is 0 Å². The Kier molecular flexibility index (Phi) is 0.892. The van der Waals surface area contributed by atoms with E-state index in [9.17, 15) is 8.78 Å². The van der Waals surface area contributed by atoms with Crippen LogP contribution in [0.2, 0.25) is 0 Å². The van der Waals surface area contributed by atoms with Crippen molar-refractivity contribution < 1.29 is 18.3 Å². The van der Waals surface area contributed by atoms with Crippen molar-refractivity contribution in [2.24, 2.45) is 0 Å². The molecule has 0 unspecified atom stereocenters. The van der Waals surface area contributed by atoms with Gasteiger partial charge >= 0.3 is 6.11 Å². The number of alkyl halides is 2. The van der Waals surface area contributed by atoms with Gasteiger partial charge in [0.1, 0.15) is 0 Å². The quantitative estimate of drug-likeness (QED) is 0.479. The Labute approximate surface area is 44.7 Å². The zero-order valence-electron chi connectivity index (χ0n) is 3.99. The summed E-state index contributed by atoms with van der Waals surface area (Å²) in [5.74, 6) is -0.310. The van der Waals surface area contributed by atoms with Crippen LogP contribution < -0.4 is 0 Å². The highest BCUT2D eigenvalue weighted by molar-refractivity contribution is 4.78. The van der Waals surface area contributed by atoms with E-state index >= 15 is 0 Å². The predicted molar refractivity (Wildman–Crippen MR) is 21.1 cm³/mol. The van der Waals surface area contributed by atoms with Gasteiger partial charge in [-0.25, -0.2) is 0 Å². The van der Waals surface area contributed by atoms with E-state index in [-0.39, 0.29) is 5.95 Å². The smallest absolute Gasteiger partial charge is 0.435 e. The average Bonchev–Trinajstić information content (AvgIpc) is 1.82. The minimum absolute atomic E-state index is 0.310. The molecule has 4 heteroatoms. The lowest BCUT2D eigenvalue weighted by Gasteiger charge is -2.00. The Morgan fingerprint density at radius 3 is 2.38 bits per heavy atom. The van der Waals surface area contributed by atoms with Crippen molar-refractivity contribution in [3.8, 4) is 0 Å². The molecule has 1 saturated heterocycles. The Morgan fingerprint density at radius 2 is 2.25 bits per heavy atom. The van der Waals surface area contributed by atoms with Crippen LogP contribution in [-0.4, -0.2) is 12.7 Å². The highest BCUT2D eigenvalue weighted by Crippen LogP contribution is 2.26. The number of hydrogen-bond acceptors (Lipinski definition) is 2. The summed E-state index contributed by atoms with van der Waals surface area (Å²) in [6.45, 7) is 2.31. The van der Waals surface area contributed by atoms with Gasteiger partial charge in [0.05, 0.1) is 0 Å². The van der Waals surface area contributed by atoms with Crippen LogP contribution in [0.3, 0.4) is 0 Å². The zero-order valence-corrected chi connectivity index (χ0v) is 3.99. The van der Waals surface area contributed by atoms with E-state index in [1.54, 1.807) is 0 Å². The lowest BCUT2D eigenvalue weighted by Crippen LogP contribution is -2.16. The number of hydrogen-bond donors (Lipinski definition) is 0. The van der Waals surface area contributed by atoms with E-state index in [0.717, 1.165) is 0 Å². The first kappa shape index (κ1) is 5.34. The molecule has 0 amide bonds. The first-order valence-corrected chi connectivity index (χ1v) is 1.99. The first-order chi connectivity index (χ1) is 3.60. The number of ether oxygens (including phenoxy) is 2. The van der Waals surface area contributed by atoms with Crippen LogP contribution in [0.25, 0.3) is 0 Å². The number of rotatable bonds is 0. The molecule has 0 atom stereocenters. The molecular formula is C4H4F2O2. The van der Waals surface area contributed by atoms with Crippen LogP contribution in [0.4, 0.5) is 8.78 Å². The SMILES string of the molecule is C=C1OCC(F)(F)O1. The van der Waals surface area contributed by atoms with Gasteiger partial charge in [-0.2, -0.15) is 8.78 Å². The van der Waals surface area contributed by atoms with E-state index < -0.39 is 12.7 Å². The van der Waals surface area contributed by atoms with Crippen molar-refractivity contribution in [3.05, 3.63) is 12.5 Å². The van der Waals surface area contributed by atoms with E-state index in [1.165, 1.54) is 0 Å². The molecule has 0 saturated carbocycles. The molecule has 1 aliphatic heterocycles. The third kappa shape index (κ3) is 0.882. The van der Waals surface area contributed by atoms with Crippen LogP contribution in [0.15, 0.2) is 12.5 Å². The Morgan fingerprint density at radius 1 is 1.62 bits per heavy atom. The molecule has 1 fully saturated rings. The third-order valence-corrected chi connectivity index (χ3v) is 0.664. The Hall–Kier alpha value is -0.800. The van der Waals surface area contributed by atoms with Crippen LogP contribution in [-0.2, 0) is 9.47 Å². The molecule has 46 valence electrons. The highest BCUT2D eigenvalue weighted by Gasteiger charge is 2.39. The molecule has 0 aromatic carbocycles. The van der Waals surface area contributed by atoms with Gasteiger partial charge in [0.25, 0.3) is 5.95 Å². The van der Waals surface area contributed by atoms with Gasteiger partial charge in [-0.1, -0.05) is 0 Å². The summed E-state index contributed by atoms with van der Waals surface area (Å²) >= 11 is 0. The zero-order chi connectivity index (χ0) is 6.20. The summed E-state index contributed by atoms with van der Waals surface area (Å²) < 4.78 is 31.6. The maximum atomic E-state index is 11.8. The second kappa shape index (κ2) is 1.34. The largest absolute Gasteiger partial charge is 0.455 e. The molecular weight excluding hydrogens is 118 g/mol. The Bertz CT molecular complexity index is 121. The van der Waals surface area contributed by atoms with Crippen molar-refractivity contribution in [3.63, 3.8) is 0 Å². The Balaban J connectivity index is 2.56. The second-order valence-corrected chi connectivity index (χ2v) is 1.40. The van der Waals surface area contributed by atoms with Crippen molar-refractivity contribution in [2.45, 2.75) is 6.11 Å². The van der Waals surface area contributed by atoms with Crippen molar-refractivity contribution in [1.82, 2.24) is 0 Å². The average molecular weight is 122 g/mol. The lowest BCUT2D eigenvalue weighted by molar-refractivity contribution is -0.180. The van der Waals surface area contributed by atoms with E-state index in [4.69, 9.17) is 0 Å². The van der Waals surface area contributed by atoms with Crippen molar-refractivity contribution in [2.75, 3.05) is 6.61 Å². The molecule has 1 rings (SSSR count). The molecule has 1 heterocycles. The summed E-state index contributed by atoms with van der Waals surface area (Å²) in [5, 5.41) is 0. The lowest BCUT2D eigenvalue weighted by atomic mass is 10.7. The predicted octanol–water partition coefficient (Wildman–Crippen LogP) is 1.10. The summed E-state index contributed by atoms with van der Waals surface area (Å²) in [6, 6.07) is 0. The normalized spacial score (nSPS) is 24.5. The molecule has 1 aliphatic rings.